The van der Waals surface area contributed by atoms with Gasteiger partial charge >= 0.3 is 5.69 Å². The van der Waals surface area contributed by atoms with Gasteiger partial charge in [-0.1, -0.05) is 4.47 Å². The highest BCUT2D eigenvalue weighted by atomic mass is 32.2. The van der Waals surface area contributed by atoms with Gasteiger partial charge in [-0.2, -0.15) is 4.39 Å². The highest BCUT2D eigenvalue weighted by Gasteiger charge is 2.35. The SMILES string of the molecule is Cc1cc(F)c([N+](=O)[O-])c(C)c1S(=O)(=O)N1CCCO1. The fourth-order valence-corrected chi connectivity index (χ4v) is 3.98. The van der Waals surface area contributed by atoms with Gasteiger partial charge in [-0.25, -0.2) is 8.42 Å². The van der Waals surface area contributed by atoms with E-state index < -0.39 is 26.5 Å². The minimum atomic E-state index is -4.03. The Morgan fingerprint density at radius 3 is 2.60 bits per heavy atom. The summed E-state index contributed by atoms with van der Waals surface area (Å²) in [5, 5.41) is 10.9. The normalized spacial score (nSPS) is 16.6. The van der Waals surface area contributed by atoms with E-state index in [1.165, 1.54) is 13.8 Å². The maximum Gasteiger partial charge on any atom is 0.309 e. The molecule has 1 aromatic rings. The van der Waals surface area contributed by atoms with E-state index in [4.69, 9.17) is 4.84 Å². The molecule has 0 aromatic heterocycles. The van der Waals surface area contributed by atoms with Crippen molar-refractivity contribution in [2.45, 2.75) is 25.2 Å². The van der Waals surface area contributed by atoms with Crippen LogP contribution in [-0.4, -0.2) is 31.0 Å². The molecule has 0 saturated carbocycles. The Morgan fingerprint density at radius 1 is 1.45 bits per heavy atom. The lowest BCUT2D eigenvalue weighted by atomic mass is 10.1. The molecule has 0 spiro atoms. The molecule has 0 unspecified atom stereocenters. The molecule has 0 amide bonds. The van der Waals surface area contributed by atoms with Gasteiger partial charge in [0.05, 0.1) is 22.0 Å². The van der Waals surface area contributed by atoms with Gasteiger partial charge in [0.25, 0.3) is 10.0 Å². The Kier molecular flexibility index (Phi) is 3.76. The first-order chi connectivity index (χ1) is 9.26. The van der Waals surface area contributed by atoms with E-state index in [0.717, 1.165) is 10.5 Å². The summed E-state index contributed by atoms with van der Waals surface area (Å²) in [6.07, 6.45) is 0.542. The van der Waals surface area contributed by atoms with Crippen LogP contribution in [-0.2, 0) is 14.9 Å². The molecule has 0 atom stereocenters. The zero-order valence-electron chi connectivity index (χ0n) is 10.9. The van der Waals surface area contributed by atoms with Crippen molar-refractivity contribution in [1.29, 1.82) is 0 Å². The van der Waals surface area contributed by atoms with E-state index >= 15 is 0 Å². The molecular formula is C11H13FN2O5S. The molecule has 20 heavy (non-hydrogen) atoms. The Labute approximate surface area is 115 Å². The number of halogens is 1. The zero-order chi connectivity index (χ0) is 15.1. The first-order valence-corrected chi connectivity index (χ1v) is 7.30. The van der Waals surface area contributed by atoms with Crippen LogP contribution in [0.5, 0.6) is 0 Å². The quantitative estimate of drug-likeness (QED) is 0.626. The summed E-state index contributed by atoms with van der Waals surface area (Å²) in [6, 6.07) is 0.855. The molecule has 1 aromatic carbocycles. The summed E-state index contributed by atoms with van der Waals surface area (Å²) in [5.74, 6) is -1.05. The van der Waals surface area contributed by atoms with Gasteiger partial charge in [-0.05, 0) is 31.9 Å². The number of aryl methyl sites for hydroxylation is 1. The Bertz CT molecular complexity index is 668. The summed E-state index contributed by atoms with van der Waals surface area (Å²) in [5.41, 5.74) is -0.933. The van der Waals surface area contributed by atoms with Crippen LogP contribution in [0.3, 0.4) is 0 Å². The van der Waals surface area contributed by atoms with Crippen LogP contribution in [0.4, 0.5) is 10.1 Å². The summed E-state index contributed by atoms with van der Waals surface area (Å²) >= 11 is 0. The number of rotatable bonds is 3. The van der Waals surface area contributed by atoms with Gasteiger partial charge in [0.2, 0.25) is 5.82 Å². The van der Waals surface area contributed by atoms with Crippen molar-refractivity contribution in [2.24, 2.45) is 0 Å². The first kappa shape index (κ1) is 14.8. The van der Waals surface area contributed by atoms with Crippen LogP contribution in [0.2, 0.25) is 0 Å². The summed E-state index contributed by atoms with van der Waals surface area (Å²) in [7, 11) is -4.03. The van der Waals surface area contributed by atoms with Crippen molar-refractivity contribution in [3.63, 3.8) is 0 Å². The van der Waals surface area contributed by atoms with Crippen LogP contribution < -0.4 is 0 Å². The van der Waals surface area contributed by atoms with E-state index in [0.29, 0.717) is 6.42 Å². The number of benzene rings is 1. The topological polar surface area (TPSA) is 89.8 Å². The van der Waals surface area contributed by atoms with E-state index in [9.17, 15) is 22.9 Å². The van der Waals surface area contributed by atoms with Crippen molar-refractivity contribution < 1.29 is 22.6 Å². The maximum atomic E-state index is 13.6. The molecule has 1 heterocycles. The number of nitro groups is 1. The largest absolute Gasteiger partial charge is 0.309 e. The molecule has 1 fully saturated rings. The molecule has 2 rings (SSSR count). The van der Waals surface area contributed by atoms with Crippen LogP contribution >= 0.6 is 0 Å². The number of sulfonamides is 1. The molecule has 0 bridgehead atoms. The number of hydrogen-bond donors (Lipinski definition) is 0. The van der Waals surface area contributed by atoms with Crippen LogP contribution in [0, 0.1) is 29.8 Å². The smallest absolute Gasteiger partial charge is 0.284 e. The molecule has 1 aliphatic rings. The van der Waals surface area contributed by atoms with Gasteiger partial charge < -0.3 is 0 Å². The number of nitrogens with zero attached hydrogens (tertiary/aromatic N) is 2. The van der Waals surface area contributed by atoms with E-state index in [2.05, 4.69) is 0 Å². The Morgan fingerprint density at radius 2 is 2.10 bits per heavy atom. The molecule has 0 radical (unpaired) electrons. The van der Waals surface area contributed by atoms with E-state index in [-0.39, 0.29) is 29.2 Å². The number of nitro benzene ring substituents is 1. The van der Waals surface area contributed by atoms with Gasteiger partial charge in [0.15, 0.2) is 0 Å². The molecule has 0 aliphatic carbocycles. The van der Waals surface area contributed by atoms with Crippen molar-refractivity contribution in [2.75, 3.05) is 13.2 Å². The lowest BCUT2D eigenvalue weighted by Crippen LogP contribution is -2.28. The predicted molar refractivity (Wildman–Crippen MR) is 67.0 cm³/mol. The van der Waals surface area contributed by atoms with Crippen LogP contribution in [0.1, 0.15) is 17.5 Å². The molecule has 110 valence electrons. The molecule has 1 aliphatic heterocycles. The third kappa shape index (κ3) is 2.28. The van der Waals surface area contributed by atoms with Crippen molar-refractivity contribution >= 4 is 15.7 Å². The zero-order valence-corrected chi connectivity index (χ0v) is 11.7. The fourth-order valence-electron chi connectivity index (χ4n) is 2.24. The molecule has 0 N–H and O–H groups in total. The average Bonchev–Trinajstić information content (AvgIpc) is 2.80. The second-order valence-corrected chi connectivity index (χ2v) is 6.22. The molecule has 9 heteroatoms. The monoisotopic (exact) mass is 304 g/mol. The Balaban J connectivity index is 2.68. The van der Waals surface area contributed by atoms with Gasteiger partial charge in [0, 0.05) is 6.54 Å². The highest BCUT2D eigenvalue weighted by molar-refractivity contribution is 7.89. The first-order valence-electron chi connectivity index (χ1n) is 5.86. The predicted octanol–water partition coefficient (Wildman–Crippen LogP) is 1.68. The average molecular weight is 304 g/mol. The van der Waals surface area contributed by atoms with Crippen molar-refractivity contribution in [1.82, 2.24) is 4.47 Å². The van der Waals surface area contributed by atoms with Crippen LogP contribution in [0.25, 0.3) is 0 Å². The van der Waals surface area contributed by atoms with Gasteiger partial charge in [0.1, 0.15) is 0 Å². The molecule has 7 nitrogen and oxygen atoms in total. The summed E-state index contributed by atoms with van der Waals surface area (Å²) in [4.78, 5) is 14.7. The highest BCUT2D eigenvalue weighted by Crippen LogP contribution is 2.33. The number of hydroxylamine groups is 1. The third-order valence-corrected chi connectivity index (χ3v) is 5.02. The third-order valence-electron chi connectivity index (χ3n) is 3.05. The number of hydrogen-bond acceptors (Lipinski definition) is 5. The lowest BCUT2D eigenvalue weighted by Gasteiger charge is -2.17. The van der Waals surface area contributed by atoms with Crippen molar-refractivity contribution in [3.05, 3.63) is 33.1 Å². The fraction of sp³-hybridized carbons (Fsp3) is 0.455. The van der Waals surface area contributed by atoms with Gasteiger partial charge in [-0.15, -0.1) is 0 Å². The van der Waals surface area contributed by atoms with E-state index in [1.54, 1.807) is 0 Å². The van der Waals surface area contributed by atoms with E-state index in [1.807, 2.05) is 0 Å². The molecule has 1 saturated heterocycles. The Hall–Kier alpha value is -1.58. The minimum Gasteiger partial charge on any atom is -0.284 e. The lowest BCUT2D eigenvalue weighted by molar-refractivity contribution is -0.388. The summed E-state index contributed by atoms with van der Waals surface area (Å²) in [6.45, 7) is 3.05. The van der Waals surface area contributed by atoms with Crippen LogP contribution in [0.15, 0.2) is 11.0 Å². The minimum absolute atomic E-state index is 0.112. The van der Waals surface area contributed by atoms with Gasteiger partial charge in [-0.3, -0.25) is 15.0 Å². The maximum absolute atomic E-state index is 13.6. The summed E-state index contributed by atoms with van der Waals surface area (Å²) < 4.78 is 39.3. The standard InChI is InChI=1S/C11H13FN2O5S/c1-7-6-9(12)10(14(15)16)8(2)11(7)20(17,18)13-4-3-5-19-13/h6H,3-5H2,1-2H3. The second kappa shape index (κ2) is 5.08. The molecular weight excluding hydrogens is 291 g/mol. The second-order valence-electron chi connectivity index (χ2n) is 4.45. The van der Waals surface area contributed by atoms with Crippen molar-refractivity contribution in [3.8, 4) is 0 Å².